The van der Waals surface area contributed by atoms with Crippen LogP contribution in [-0.4, -0.2) is 0 Å². The van der Waals surface area contributed by atoms with Gasteiger partial charge in [0.2, 0.25) is 0 Å². The zero-order valence-electron chi connectivity index (χ0n) is 32.6. The highest BCUT2D eigenvalue weighted by Gasteiger charge is 2.29. The molecule has 0 fully saturated rings. The lowest BCUT2D eigenvalue weighted by Crippen LogP contribution is -1.90. The molecule has 0 bridgehead atoms. The van der Waals surface area contributed by atoms with Crippen LogP contribution in [0.2, 0.25) is 0 Å². The van der Waals surface area contributed by atoms with Crippen LogP contribution >= 0.6 is 0 Å². The van der Waals surface area contributed by atoms with Gasteiger partial charge in [-0.25, -0.2) is 0 Å². The molecule has 0 saturated carbocycles. The molecule has 0 aliphatic carbocycles. The summed E-state index contributed by atoms with van der Waals surface area (Å²) < 4.78 is 14.8. The Balaban J connectivity index is 1.37. The van der Waals surface area contributed by atoms with Crippen molar-refractivity contribution in [2.45, 2.75) is 0 Å². The van der Waals surface area contributed by atoms with Crippen LogP contribution in [0.25, 0.3) is 121 Å². The predicted octanol–water partition coefficient (Wildman–Crippen LogP) is 16.6. The third-order valence-corrected chi connectivity index (χ3v) is 12.1. The molecule has 0 N–H and O–H groups in total. The van der Waals surface area contributed by atoms with Gasteiger partial charge in [0.25, 0.3) is 0 Å². The van der Waals surface area contributed by atoms with Crippen molar-refractivity contribution in [3.63, 3.8) is 0 Å². The Morgan fingerprint density at radius 3 is 0.983 bits per heavy atom. The number of rotatable bonds is 6. The second-order valence-corrected chi connectivity index (χ2v) is 15.5. The minimum absolute atomic E-state index is 0.845. The van der Waals surface area contributed by atoms with Crippen LogP contribution < -0.4 is 0 Å². The van der Waals surface area contributed by atoms with Gasteiger partial charge in [0.1, 0.15) is 22.7 Å². The Kier molecular flexibility index (Phi) is 7.89. The fraction of sp³-hybridized carbons (Fsp3) is 0. The van der Waals surface area contributed by atoms with E-state index in [1.807, 2.05) is 0 Å². The van der Waals surface area contributed by atoms with Gasteiger partial charge in [0.15, 0.2) is 0 Å². The summed E-state index contributed by atoms with van der Waals surface area (Å²) in [5.41, 5.74) is 12.4. The van der Waals surface area contributed by atoms with Gasteiger partial charge in [0, 0.05) is 44.2 Å². The number of hydrogen-bond acceptors (Lipinski definition) is 2. The first-order chi connectivity index (χ1) is 29.8. The molecule has 2 nitrogen and oxygen atoms in total. The molecular weight excluding hydrogens is 729 g/mol. The average Bonchev–Trinajstić information content (AvgIpc) is 3.93. The third kappa shape index (κ3) is 5.35. The molecule has 0 amide bonds. The van der Waals surface area contributed by atoms with Gasteiger partial charge < -0.3 is 8.83 Å². The van der Waals surface area contributed by atoms with E-state index >= 15 is 0 Å². The lowest BCUT2D eigenvalue weighted by Gasteiger charge is -2.15. The topological polar surface area (TPSA) is 26.3 Å². The molecule has 2 aromatic heterocycles. The minimum Gasteiger partial charge on any atom is -0.455 e. The number of hydrogen-bond donors (Lipinski definition) is 0. The van der Waals surface area contributed by atoms with Gasteiger partial charge in [-0.1, -0.05) is 206 Å². The van der Waals surface area contributed by atoms with Crippen LogP contribution in [-0.2, 0) is 0 Å². The van der Waals surface area contributed by atoms with Crippen molar-refractivity contribution in [1.29, 1.82) is 0 Å². The fourth-order valence-corrected chi connectivity index (χ4v) is 9.41. The Morgan fingerprint density at radius 1 is 0.250 bits per heavy atom. The van der Waals surface area contributed by atoms with Gasteiger partial charge >= 0.3 is 0 Å². The van der Waals surface area contributed by atoms with Gasteiger partial charge in [-0.05, 0) is 66.7 Å². The first kappa shape index (κ1) is 34.1. The van der Waals surface area contributed by atoms with E-state index in [1.54, 1.807) is 0 Å². The largest absolute Gasteiger partial charge is 0.455 e. The maximum atomic E-state index is 7.38. The van der Waals surface area contributed by atoms with Crippen molar-refractivity contribution in [3.05, 3.63) is 218 Å². The molecule has 60 heavy (non-hydrogen) atoms. The molecule has 0 spiro atoms. The standard InChI is InChI=1S/C58H36O2/c1-5-21-39(22-6-1)51-53-47-35-50(46-34-18-30-38-20-14-16-32-44(38)46)58-54(52(40-23-7-2-8-24-40)56(60-58)42-27-11-4-12-28-42)48(47)36-49(45-33-17-29-37-19-13-15-31-43(37)45)57(53)59-55(51)41-25-9-3-10-26-41/h1-36H. The molecule has 2 heterocycles. The maximum absolute atomic E-state index is 7.38. The molecule has 12 aromatic rings. The van der Waals surface area contributed by atoms with Crippen LogP contribution in [0, 0.1) is 0 Å². The molecule has 0 aliphatic rings. The summed E-state index contributed by atoms with van der Waals surface area (Å²) in [6.45, 7) is 0. The van der Waals surface area contributed by atoms with Crippen molar-refractivity contribution < 1.29 is 8.83 Å². The average molecular weight is 765 g/mol. The molecule has 0 aliphatic heterocycles. The van der Waals surface area contributed by atoms with E-state index in [0.29, 0.717) is 0 Å². The Bertz CT molecular complexity index is 3310. The van der Waals surface area contributed by atoms with E-state index in [9.17, 15) is 0 Å². The summed E-state index contributed by atoms with van der Waals surface area (Å²) in [4.78, 5) is 0. The van der Waals surface area contributed by atoms with Gasteiger partial charge in [-0.2, -0.15) is 0 Å². The zero-order valence-corrected chi connectivity index (χ0v) is 32.6. The first-order valence-corrected chi connectivity index (χ1v) is 20.5. The summed E-state index contributed by atoms with van der Waals surface area (Å²) in [7, 11) is 0. The SMILES string of the molecule is c1ccc(-c2oc3c(-c4cccc5ccccc45)cc4c(cc(-c5cccc6ccccc56)c5oc(-c6ccccc6)c(-c6ccccc6)c54)c3c2-c2ccccc2)cc1. The van der Waals surface area contributed by atoms with Crippen LogP contribution in [0.5, 0.6) is 0 Å². The molecule has 0 atom stereocenters. The van der Waals surface area contributed by atoms with E-state index in [0.717, 1.165) is 99.9 Å². The smallest absolute Gasteiger partial charge is 0.143 e. The van der Waals surface area contributed by atoms with E-state index in [4.69, 9.17) is 8.83 Å². The Morgan fingerprint density at radius 2 is 0.583 bits per heavy atom. The monoisotopic (exact) mass is 764 g/mol. The minimum atomic E-state index is 0.845. The van der Waals surface area contributed by atoms with E-state index in [1.165, 1.54) is 21.5 Å². The van der Waals surface area contributed by atoms with Gasteiger partial charge in [0.05, 0.1) is 0 Å². The molecule has 0 unspecified atom stereocenters. The molecule has 2 heteroatoms. The summed E-state index contributed by atoms with van der Waals surface area (Å²) >= 11 is 0. The first-order valence-electron chi connectivity index (χ1n) is 20.5. The quantitative estimate of drug-likeness (QED) is 0.169. The van der Waals surface area contributed by atoms with Crippen LogP contribution in [0.4, 0.5) is 0 Å². The van der Waals surface area contributed by atoms with Crippen molar-refractivity contribution in [1.82, 2.24) is 0 Å². The summed E-state index contributed by atoms with van der Waals surface area (Å²) in [5, 5.41) is 9.05. The van der Waals surface area contributed by atoms with Crippen molar-refractivity contribution in [3.8, 4) is 67.2 Å². The van der Waals surface area contributed by atoms with E-state index in [-0.39, 0.29) is 0 Å². The van der Waals surface area contributed by atoms with Gasteiger partial charge in [-0.3, -0.25) is 0 Å². The lowest BCUT2D eigenvalue weighted by atomic mass is 9.86. The highest BCUT2D eigenvalue weighted by Crippen LogP contribution is 2.54. The molecule has 0 radical (unpaired) electrons. The van der Waals surface area contributed by atoms with Crippen LogP contribution in [0.15, 0.2) is 227 Å². The second kappa shape index (κ2) is 13.9. The summed E-state index contributed by atoms with van der Waals surface area (Å²) in [6.07, 6.45) is 0. The lowest BCUT2D eigenvalue weighted by molar-refractivity contribution is 0.633. The maximum Gasteiger partial charge on any atom is 0.143 e. The predicted molar refractivity (Wildman–Crippen MR) is 251 cm³/mol. The van der Waals surface area contributed by atoms with Crippen molar-refractivity contribution in [2.24, 2.45) is 0 Å². The van der Waals surface area contributed by atoms with E-state index < -0.39 is 0 Å². The number of fused-ring (bicyclic) bond motifs is 7. The van der Waals surface area contributed by atoms with Gasteiger partial charge in [-0.15, -0.1) is 0 Å². The molecule has 12 rings (SSSR count). The second-order valence-electron chi connectivity index (χ2n) is 15.5. The Hall–Kier alpha value is -7.94. The summed E-state index contributed by atoms with van der Waals surface area (Å²) in [5.74, 6) is 1.69. The number of furan rings is 2. The summed E-state index contributed by atoms with van der Waals surface area (Å²) in [6, 6.07) is 77.8. The highest BCUT2D eigenvalue weighted by atomic mass is 16.3. The number of benzene rings is 10. The van der Waals surface area contributed by atoms with Crippen LogP contribution in [0.3, 0.4) is 0 Å². The molecule has 10 aromatic carbocycles. The normalized spacial score (nSPS) is 11.7. The molecular formula is C58H36O2. The van der Waals surface area contributed by atoms with Crippen molar-refractivity contribution >= 4 is 54.3 Å². The molecule has 0 saturated heterocycles. The fourth-order valence-electron chi connectivity index (χ4n) is 9.41. The third-order valence-electron chi connectivity index (χ3n) is 12.1. The van der Waals surface area contributed by atoms with Crippen LogP contribution in [0.1, 0.15) is 0 Å². The zero-order chi connectivity index (χ0) is 39.6. The Labute approximate surface area is 347 Å². The van der Waals surface area contributed by atoms with Crippen molar-refractivity contribution in [2.75, 3.05) is 0 Å². The highest BCUT2D eigenvalue weighted by molar-refractivity contribution is 6.30. The molecule has 280 valence electrons. The van der Waals surface area contributed by atoms with E-state index in [2.05, 4.69) is 218 Å².